The Hall–Kier alpha value is -4.09. The van der Waals surface area contributed by atoms with Crippen LogP contribution in [0.1, 0.15) is 40.1 Å². The van der Waals surface area contributed by atoms with Crippen molar-refractivity contribution in [1.82, 2.24) is 4.31 Å². The summed E-state index contributed by atoms with van der Waals surface area (Å²) in [4.78, 5) is 35.5. The SMILES string of the molecule is CCN(CC)S(=O)(=O)c1cc(C(=O)Oc2cccc(NC(=O)c3ccc([N+](=O)[O-])cc3)c2)ccc1C. The van der Waals surface area contributed by atoms with Gasteiger partial charge in [-0.15, -0.1) is 0 Å². The number of hydrogen-bond acceptors (Lipinski definition) is 7. The summed E-state index contributed by atoms with van der Waals surface area (Å²) in [5.74, 6) is -1.13. The average Bonchev–Trinajstić information content (AvgIpc) is 2.85. The number of aryl methyl sites for hydroxylation is 1. The number of rotatable bonds is 9. The van der Waals surface area contributed by atoms with Crippen LogP contribution in [0, 0.1) is 17.0 Å². The number of non-ortho nitro benzene ring substituents is 1. The van der Waals surface area contributed by atoms with Crippen LogP contribution >= 0.6 is 0 Å². The molecule has 3 aromatic carbocycles. The van der Waals surface area contributed by atoms with Gasteiger partial charge in [0.2, 0.25) is 10.0 Å². The predicted octanol–water partition coefficient (Wildman–Crippen LogP) is 4.41. The van der Waals surface area contributed by atoms with E-state index in [1.807, 2.05) is 0 Å². The number of ether oxygens (including phenoxy) is 1. The van der Waals surface area contributed by atoms with Gasteiger partial charge >= 0.3 is 5.97 Å². The van der Waals surface area contributed by atoms with Gasteiger partial charge in [-0.05, 0) is 48.9 Å². The van der Waals surface area contributed by atoms with Crippen LogP contribution in [-0.4, -0.2) is 42.6 Å². The normalized spacial score (nSPS) is 11.2. The van der Waals surface area contributed by atoms with Crippen LogP contribution in [0.3, 0.4) is 0 Å². The Morgan fingerprint density at radius 3 is 2.22 bits per heavy atom. The third-order valence-electron chi connectivity index (χ3n) is 5.39. The van der Waals surface area contributed by atoms with Gasteiger partial charge in [-0.2, -0.15) is 4.31 Å². The number of esters is 1. The maximum atomic E-state index is 13.0. The highest BCUT2D eigenvalue weighted by atomic mass is 32.2. The molecule has 0 aliphatic heterocycles. The zero-order valence-corrected chi connectivity index (χ0v) is 20.7. The second-order valence-electron chi connectivity index (χ2n) is 7.75. The molecule has 36 heavy (non-hydrogen) atoms. The van der Waals surface area contributed by atoms with Crippen molar-refractivity contribution in [3.05, 3.63) is 93.5 Å². The summed E-state index contributed by atoms with van der Waals surface area (Å²) < 4.78 is 32.7. The van der Waals surface area contributed by atoms with E-state index in [0.717, 1.165) is 0 Å². The molecule has 0 heterocycles. The number of sulfonamides is 1. The van der Waals surface area contributed by atoms with Crippen molar-refractivity contribution in [3.8, 4) is 5.75 Å². The van der Waals surface area contributed by atoms with Crippen molar-refractivity contribution in [2.75, 3.05) is 18.4 Å². The van der Waals surface area contributed by atoms with E-state index in [4.69, 9.17) is 4.74 Å². The molecule has 1 amide bonds. The quantitative estimate of drug-likeness (QED) is 0.195. The van der Waals surface area contributed by atoms with Crippen LogP contribution in [0.2, 0.25) is 0 Å². The molecule has 0 aromatic heterocycles. The summed E-state index contributed by atoms with van der Waals surface area (Å²) in [5, 5.41) is 13.4. The first-order chi connectivity index (χ1) is 17.1. The molecule has 0 aliphatic rings. The third-order valence-corrected chi connectivity index (χ3v) is 7.58. The van der Waals surface area contributed by atoms with Crippen molar-refractivity contribution in [2.45, 2.75) is 25.7 Å². The zero-order valence-electron chi connectivity index (χ0n) is 19.9. The van der Waals surface area contributed by atoms with E-state index in [1.165, 1.54) is 52.8 Å². The fraction of sp³-hybridized carbons (Fsp3) is 0.200. The second kappa shape index (κ2) is 11.1. The van der Waals surface area contributed by atoms with Crippen molar-refractivity contribution in [1.29, 1.82) is 0 Å². The lowest BCUT2D eigenvalue weighted by atomic mass is 10.1. The highest BCUT2D eigenvalue weighted by Crippen LogP contribution is 2.24. The molecule has 3 rings (SSSR count). The molecule has 188 valence electrons. The highest BCUT2D eigenvalue weighted by molar-refractivity contribution is 7.89. The van der Waals surface area contributed by atoms with Crippen LogP contribution in [0.25, 0.3) is 0 Å². The van der Waals surface area contributed by atoms with Crippen molar-refractivity contribution < 1.29 is 27.7 Å². The Bertz CT molecular complexity index is 1400. The fourth-order valence-electron chi connectivity index (χ4n) is 3.45. The van der Waals surface area contributed by atoms with Crippen molar-refractivity contribution in [3.63, 3.8) is 0 Å². The summed E-state index contributed by atoms with van der Waals surface area (Å²) in [6, 6.07) is 15.5. The van der Waals surface area contributed by atoms with E-state index in [2.05, 4.69) is 5.32 Å². The molecular formula is C25H25N3O7S. The number of nitro benzene ring substituents is 1. The van der Waals surface area contributed by atoms with Gasteiger partial charge in [0.25, 0.3) is 11.6 Å². The number of nitrogens with zero attached hydrogens (tertiary/aromatic N) is 2. The van der Waals surface area contributed by atoms with Gasteiger partial charge in [0.15, 0.2) is 0 Å². The molecule has 0 radical (unpaired) electrons. The molecule has 0 saturated heterocycles. The number of carbonyl (C=O) groups is 2. The van der Waals surface area contributed by atoms with Gasteiger partial charge in [-0.3, -0.25) is 14.9 Å². The number of nitrogens with one attached hydrogen (secondary N) is 1. The molecule has 0 atom stereocenters. The number of anilines is 1. The molecule has 1 N–H and O–H groups in total. The van der Waals surface area contributed by atoms with E-state index in [0.29, 0.717) is 24.3 Å². The number of carbonyl (C=O) groups excluding carboxylic acids is 2. The summed E-state index contributed by atoms with van der Waals surface area (Å²) in [7, 11) is -3.77. The minimum Gasteiger partial charge on any atom is -0.423 e. The first-order valence-electron chi connectivity index (χ1n) is 11.1. The number of amides is 1. The second-order valence-corrected chi connectivity index (χ2v) is 9.65. The maximum Gasteiger partial charge on any atom is 0.343 e. The number of hydrogen-bond donors (Lipinski definition) is 1. The van der Waals surface area contributed by atoms with Gasteiger partial charge in [0, 0.05) is 42.5 Å². The molecule has 0 unspecified atom stereocenters. The Kier molecular flexibility index (Phi) is 8.18. The van der Waals surface area contributed by atoms with E-state index >= 15 is 0 Å². The largest absolute Gasteiger partial charge is 0.423 e. The van der Waals surface area contributed by atoms with Crippen LogP contribution in [0.4, 0.5) is 11.4 Å². The number of benzene rings is 3. The molecular weight excluding hydrogens is 486 g/mol. The smallest absolute Gasteiger partial charge is 0.343 e. The van der Waals surface area contributed by atoms with E-state index < -0.39 is 26.8 Å². The molecule has 10 nitrogen and oxygen atoms in total. The molecule has 0 bridgehead atoms. The van der Waals surface area contributed by atoms with E-state index in [9.17, 15) is 28.1 Å². The minimum atomic E-state index is -3.77. The monoisotopic (exact) mass is 511 g/mol. The molecule has 0 saturated carbocycles. The van der Waals surface area contributed by atoms with Gasteiger partial charge in [0.1, 0.15) is 5.75 Å². The molecule has 0 spiro atoms. The lowest BCUT2D eigenvalue weighted by Crippen LogP contribution is -2.31. The first kappa shape index (κ1) is 26.5. The van der Waals surface area contributed by atoms with Crippen LogP contribution in [-0.2, 0) is 10.0 Å². The van der Waals surface area contributed by atoms with Crippen LogP contribution < -0.4 is 10.1 Å². The molecule has 3 aromatic rings. The van der Waals surface area contributed by atoms with E-state index in [1.54, 1.807) is 39.0 Å². The standard InChI is InChI=1S/C25H25N3O7S/c1-4-27(5-2)36(33,34)23-15-19(10-9-17(23)3)25(30)35-22-8-6-7-20(16-22)26-24(29)18-11-13-21(14-12-18)28(31)32/h6-16H,4-5H2,1-3H3,(H,26,29). The van der Waals surface area contributed by atoms with Crippen molar-refractivity contribution >= 4 is 33.3 Å². The summed E-state index contributed by atoms with van der Waals surface area (Å²) >= 11 is 0. The topological polar surface area (TPSA) is 136 Å². The Labute approximate surface area is 208 Å². The zero-order chi connectivity index (χ0) is 26.5. The Morgan fingerprint density at radius 2 is 1.61 bits per heavy atom. The van der Waals surface area contributed by atoms with Crippen molar-refractivity contribution in [2.24, 2.45) is 0 Å². The summed E-state index contributed by atoms with van der Waals surface area (Å²) in [6.45, 7) is 5.73. The Morgan fingerprint density at radius 1 is 0.972 bits per heavy atom. The maximum absolute atomic E-state index is 13.0. The molecule has 0 aliphatic carbocycles. The van der Waals surface area contributed by atoms with E-state index in [-0.39, 0.29) is 27.5 Å². The molecule has 0 fully saturated rings. The average molecular weight is 512 g/mol. The summed E-state index contributed by atoms with van der Waals surface area (Å²) in [6.07, 6.45) is 0. The first-order valence-corrected chi connectivity index (χ1v) is 12.5. The third kappa shape index (κ3) is 5.93. The minimum absolute atomic E-state index is 0.0322. The molecule has 11 heteroatoms. The van der Waals surface area contributed by atoms with Gasteiger partial charge in [0.05, 0.1) is 15.4 Å². The lowest BCUT2D eigenvalue weighted by Gasteiger charge is -2.20. The summed E-state index contributed by atoms with van der Waals surface area (Å²) in [5.41, 5.74) is 0.979. The van der Waals surface area contributed by atoms with Gasteiger partial charge < -0.3 is 10.1 Å². The Balaban J connectivity index is 1.77. The fourth-order valence-corrected chi connectivity index (χ4v) is 5.16. The highest BCUT2D eigenvalue weighted by Gasteiger charge is 2.25. The van der Waals surface area contributed by atoms with Gasteiger partial charge in [-0.25, -0.2) is 13.2 Å². The van der Waals surface area contributed by atoms with Crippen LogP contribution in [0.15, 0.2) is 71.6 Å². The lowest BCUT2D eigenvalue weighted by molar-refractivity contribution is -0.384. The number of nitro groups is 1. The van der Waals surface area contributed by atoms with Crippen LogP contribution in [0.5, 0.6) is 5.75 Å². The van der Waals surface area contributed by atoms with Gasteiger partial charge in [-0.1, -0.05) is 26.0 Å². The predicted molar refractivity (Wildman–Crippen MR) is 134 cm³/mol.